The minimum absolute atomic E-state index is 0.0395. The Kier molecular flexibility index (Phi) is 8.42. The Morgan fingerprint density at radius 3 is 2.41 bits per heavy atom. The van der Waals surface area contributed by atoms with Gasteiger partial charge in [-0.05, 0) is 51.8 Å². The Labute approximate surface area is 184 Å². The molecule has 0 unspecified atom stereocenters. The summed E-state index contributed by atoms with van der Waals surface area (Å²) >= 11 is 12.2. The Bertz CT molecular complexity index is 729. The van der Waals surface area contributed by atoms with E-state index in [-0.39, 0.29) is 11.9 Å². The fourth-order valence-corrected chi connectivity index (χ4v) is 4.17. The number of carbonyl (C=O) groups excluding carboxylic acids is 2. The van der Waals surface area contributed by atoms with Gasteiger partial charge >= 0.3 is 6.09 Å². The van der Waals surface area contributed by atoms with Gasteiger partial charge in [-0.1, -0.05) is 62.2 Å². The highest BCUT2D eigenvalue weighted by Crippen LogP contribution is 2.40. The lowest BCUT2D eigenvalue weighted by molar-refractivity contribution is 0.0271. The first-order chi connectivity index (χ1) is 13.6. The second kappa shape index (κ2) is 10.2. The van der Waals surface area contributed by atoms with Gasteiger partial charge in [0.05, 0.1) is 15.5 Å². The van der Waals surface area contributed by atoms with Crippen LogP contribution in [0.2, 0.25) is 10.0 Å². The maximum Gasteiger partial charge on any atom is 0.410 e. The van der Waals surface area contributed by atoms with E-state index in [0.717, 1.165) is 19.3 Å². The van der Waals surface area contributed by atoms with Crippen LogP contribution in [0.1, 0.15) is 83.0 Å². The number of hydrogen-bond donors (Lipinski definition) is 0. The van der Waals surface area contributed by atoms with Crippen molar-refractivity contribution in [3.05, 3.63) is 33.8 Å². The van der Waals surface area contributed by atoms with Gasteiger partial charge in [-0.3, -0.25) is 4.79 Å². The first-order valence-corrected chi connectivity index (χ1v) is 11.3. The Morgan fingerprint density at radius 1 is 1.10 bits per heavy atom. The number of likely N-dealkylation sites (tertiary alicyclic amines) is 1. The number of Topliss-reactive ketones (excluding diaryl/α,β-unsaturated/α-hetero) is 1. The Balaban J connectivity index is 2.19. The van der Waals surface area contributed by atoms with Gasteiger partial charge < -0.3 is 9.64 Å². The van der Waals surface area contributed by atoms with Crippen LogP contribution in [0.5, 0.6) is 0 Å². The molecule has 1 atom stereocenters. The molecule has 2 rings (SSSR count). The van der Waals surface area contributed by atoms with Crippen LogP contribution < -0.4 is 0 Å². The molecule has 0 radical (unpaired) electrons. The predicted octanol–water partition coefficient (Wildman–Crippen LogP) is 7.16. The molecule has 0 aliphatic carbocycles. The fourth-order valence-electron chi connectivity index (χ4n) is 3.87. The van der Waals surface area contributed by atoms with Crippen LogP contribution >= 0.6 is 23.2 Å². The molecular formula is C23H33Cl2NO3. The Morgan fingerprint density at radius 2 is 1.79 bits per heavy atom. The number of unbranched alkanes of at least 4 members (excludes halogenated alkanes) is 4. The van der Waals surface area contributed by atoms with Crippen LogP contribution in [-0.2, 0) is 4.74 Å². The Hall–Kier alpha value is -1.26. The van der Waals surface area contributed by atoms with E-state index in [1.54, 1.807) is 23.1 Å². The van der Waals surface area contributed by atoms with Crippen molar-refractivity contribution in [2.45, 2.75) is 78.2 Å². The van der Waals surface area contributed by atoms with Gasteiger partial charge in [-0.25, -0.2) is 4.79 Å². The number of amides is 1. The minimum Gasteiger partial charge on any atom is -0.444 e. The molecule has 1 aliphatic rings. The second-order valence-corrected chi connectivity index (χ2v) is 9.87. The quantitative estimate of drug-likeness (QED) is 0.317. The largest absolute Gasteiger partial charge is 0.444 e. The van der Waals surface area contributed by atoms with Crippen molar-refractivity contribution < 1.29 is 14.3 Å². The third kappa shape index (κ3) is 6.62. The van der Waals surface area contributed by atoms with Crippen molar-refractivity contribution in [3.8, 4) is 0 Å². The summed E-state index contributed by atoms with van der Waals surface area (Å²) in [6.45, 7) is 8.64. The molecule has 1 amide bonds. The normalized spacial score (nSPS) is 19.4. The van der Waals surface area contributed by atoms with Crippen LogP contribution in [0, 0.1) is 5.41 Å². The molecular weight excluding hydrogens is 409 g/mol. The number of halogens is 2. The van der Waals surface area contributed by atoms with E-state index < -0.39 is 11.0 Å². The fraction of sp³-hybridized carbons (Fsp3) is 0.652. The summed E-state index contributed by atoms with van der Waals surface area (Å²) in [6.07, 6.45) is 6.66. The smallest absolute Gasteiger partial charge is 0.410 e. The summed E-state index contributed by atoms with van der Waals surface area (Å²) in [7, 11) is 0. The number of carbonyl (C=O) groups is 2. The molecule has 0 saturated carbocycles. The second-order valence-electron chi connectivity index (χ2n) is 9.05. The van der Waals surface area contributed by atoms with Crippen LogP contribution in [-0.4, -0.2) is 35.5 Å². The van der Waals surface area contributed by atoms with Crippen molar-refractivity contribution in [2.24, 2.45) is 5.41 Å². The highest BCUT2D eigenvalue weighted by atomic mass is 35.5. The monoisotopic (exact) mass is 441 g/mol. The molecule has 1 fully saturated rings. The van der Waals surface area contributed by atoms with E-state index >= 15 is 0 Å². The van der Waals surface area contributed by atoms with Crippen LogP contribution in [0.25, 0.3) is 0 Å². The summed E-state index contributed by atoms with van der Waals surface area (Å²) < 4.78 is 5.53. The molecule has 162 valence electrons. The average molecular weight is 442 g/mol. The molecule has 1 heterocycles. The SMILES string of the molecule is CCCCCCC[C@@]1(C(=O)c2ccc(Cl)c(Cl)c2)CCN(C(=O)OC(C)(C)C)C1. The number of hydrogen-bond acceptors (Lipinski definition) is 3. The van der Waals surface area contributed by atoms with E-state index in [4.69, 9.17) is 27.9 Å². The number of ether oxygens (including phenoxy) is 1. The van der Waals surface area contributed by atoms with Gasteiger partial charge in [-0.15, -0.1) is 0 Å². The molecule has 0 aromatic heterocycles. The molecule has 1 saturated heterocycles. The first-order valence-electron chi connectivity index (χ1n) is 10.6. The van der Waals surface area contributed by atoms with E-state index in [1.165, 1.54) is 19.3 Å². The molecule has 1 aromatic carbocycles. The van der Waals surface area contributed by atoms with Crippen LogP contribution in [0.3, 0.4) is 0 Å². The van der Waals surface area contributed by atoms with Gasteiger partial charge in [0.1, 0.15) is 5.60 Å². The predicted molar refractivity (Wildman–Crippen MR) is 119 cm³/mol. The summed E-state index contributed by atoms with van der Waals surface area (Å²) in [4.78, 5) is 27.8. The lowest BCUT2D eigenvalue weighted by atomic mass is 9.75. The third-order valence-corrected chi connectivity index (χ3v) is 6.17. The van der Waals surface area contributed by atoms with E-state index in [1.807, 2.05) is 20.8 Å². The molecule has 0 spiro atoms. The lowest BCUT2D eigenvalue weighted by Crippen LogP contribution is -2.39. The molecule has 0 bridgehead atoms. The lowest BCUT2D eigenvalue weighted by Gasteiger charge is -2.29. The van der Waals surface area contributed by atoms with Crippen molar-refractivity contribution >= 4 is 35.1 Å². The van der Waals surface area contributed by atoms with Gasteiger partial charge in [0, 0.05) is 18.7 Å². The van der Waals surface area contributed by atoms with Crippen molar-refractivity contribution in [1.82, 2.24) is 4.90 Å². The standard InChI is InChI=1S/C23H33Cl2NO3/c1-5-6-7-8-9-12-23(20(27)17-10-11-18(24)19(25)15-17)13-14-26(16-23)21(28)29-22(2,3)4/h10-11,15H,5-9,12-14,16H2,1-4H3/t23-/m1/s1. The zero-order valence-electron chi connectivity index (χ0n) is 18.0. The summed E-state index contributed by atoms with van der Waals surface area (Å²) in [5.41, 5.74) is -0.602. The van der Waals surface area contributed by atoms with E-state index in [0.29, 0.717) is 35.1 Å². The maximum atomic E-state index is 13.5. The molecule has 1 aliphatic heterocycles. The highest BCUT2D eigenvalue weighted by molar-refractivity contribution is 6.42. The zero-order valence-corrected chi connectivity index (χ0v) is 19.5. The molecule has 6 heteroatoms. The minimum atomic E-state index is -0.597. The molecule has 0 N–H and O–H groups in total. The van der Waals surface area contributed by atoms with Gasteiger partial charge in [-0.2, -0.15) is 0 Å². The van der Waals surface area contributed by atoms with Crippen molar-refractivity contribution in [1.29, 1.82) is 0 Å². The number of ketones is 1. The van der Waals surface area contributed by atoms with Gasteiger partial charge in [0.2, 0.25) is 0 Å². The van der Waals surface area contributed by atoms with Gasteiger partial charge in [0.25, 0.3) is 0 Å². The average Bonchev–Trinajstić information content (AvgIpc) is 3.08. The zero-order chi connectivity index (χ0) is 21.7. The summed E-state index contributed by atoms with van der Waals surface area (Å²) in [6, 6.07) is 5.03. The third-order valence-electron chi connectivity index (χ3n) is 5.43. The summed E-state index contributed by atoms with van der Waals surface area (Å²) in [5, 5.41) is 0.802. The summed E-state index contributed by atoms with van der Waals surface area (Å²) in [5.74, 6) is 0.0395. The van der Waals surface area contributed by atoms with Crippen molar-refractivity contribution in [2.75, 3.05) is 13.1 Å². The van der Waals surface area contributed by atoms with Crippen molar-refractivity contribution in [3.63, 3.8) is 0 Å². The van der Waals surface area contributed by atoms with Crippen LogP contribution in [0.4, 0.5) is 4.79 Å². The molecule has 4 nitrogen and oxygen atoms in total. The first kappa shape index (κ1) is 24.0. The topological polar surface area (TPSA) is 46.6 Å². The van der Waals surface area contributed by atoms with Gasteiger partial charge in [0.15, 0.2) is 5.78 Å². The maximum absolute atomic E-state index is 13.5. The van der Waals surface area contributed by atoms with E-state index in [2.05, 4.69) is 6.92 Å². The number of benzene rings is 1. The number of rotatable bonds is 8. The molecule has 29 heavy (non-hydrogen) atoms. The number of nitrogens with zero attached hydrogens (tertiary/aromatic N) is 1. The highest BCUT2D eigenvalue weighted by Gasteiger charge is 2.46. The van der Waals surface area contributed by atoms with Crippen LogP contribution in [0.15, 0.2) is 18.2 Å². The molecule has 1 aromatic rings. The van der Waals surface area contributed by atoms with E-state index in [9.17, 15) is 9.59 Å².